The first-order chi connectivity index (χ1) is 6.76. The number of aryl methyl sites for hydroxylation is 2. The van der Waals surface area contributed by atoms with Crippen molar-refractivity contribution in [3.05, 3.63) is 18.0 Å². The second-order valence-corrected chi connectivity index (χ2v) is 3.71. The second kappa shape index (κ2) is 5.81. The average molecular weight is 196 g/mol. The van der Waals surface area contributed by atoms with Crippen LogP contribution in [0.2, 0.25) is 0 Å². The van der Waals surface area contributed by atoms with Gasteiger partial charge in [0, 0.05) is 12.7 Å². The highest BCUT2D eigenvalue weighted by Gasteiger charge is 2.03. The maximum absolute atomic E-state index is 9.40. The summed E-state index contributed by atoms with van der Waals surface area (Å²) in [6.07, 6.45) is 7.53. The van der Waals surface area contributed by atoms with Crippen LogP contribution in [0.25, 0.3) is 0 Å². The second-order valence-electron chi connectivity index (χ2n) is 3.71. The van der Waals surface area contributed by atoms with Crippen LogP contribution < -0.4 is 0 Å². The molecule has 0 spiro atoms. The van der Waals surface area contributed by atoms with Crippen molar-refractivity contribution in [3.63, 3.8) is 0 Å². The average Bonchev–Trinajstić information content (AvgIpc) is 2.63. The Labute approximate surface area is 85.8 Å². The molecule has 1 atom stereocenters. The van der Waals surface area contributed by atoms with Crippen LogP contribution in [0.4, 0.5) is 0 Å². The van der Waals surface area contributed by atoms with Gasteiger partial charge in [-0.25, -0.2) is 0 Å². The molecule has 0 saturated carbocycles. The zero-order valence-corrected chi connectivity index (χ0v) is 9.11. The molecule has 0 aliphatic rings. The zero-order chi connectivity index (χ0) is 10.4. The summed E-state index contributed by atoms with van der Waals surface area (Å²) < 4.78 is 1.97. The van der Waals surface area contributed by atoms with Gasteiger partial charge in [0.1, 0.15) is 0 Å². The van der Waals surface area contributed by atoms with Crippen molar-refractivity contribution in [1.29, 1.82) is 0 Å². The summed E-state index contributed by atoms with van der Waals surface area (Å²) >= 11 is 0. The first-order valence-corrected chi connectivity index (χ1v) is 5.45. The third-order valence-corrected chi connectivity index (χ3v) is 2.38. The lowest BCUT2D eigenvalue weighted by atomic mass is 10.1. The summed E-state index contributed by atoms with van der Waals surface area (Å²) in [6, 6.07) is 0. The van der Waals surface area contributed by atoms with Crippen LogP contribution in [0.5, 0.6) is 0 Å². The van der Waals surface area contributed by atoms with E-state index in [1.165, 1.54) is 5.56 Å². The maximum atomic E-state index is 9.40. The van der Waals surface area contributed by atoms with Crippen LogP contribution in [0.1, 0.15) is 38.7 Å². The van der Waals surface area contributed by atoms with Crippen LogP contribution >= 0.6 is 0 Å². The minimum atomic E-state index is -0.162. The van der Waals surface area contributed by atoms with E-state index in [1.807, 2.05) is 17.8 Å². The molecule has 1 N–H and O–H groups in total. The van der Waals surface area contributed by atoms with E-state index < -0.39 is 0 Å². The van der Waals surface area contributed by atoms with Crippen LogP contribution in [-0.2, 0) is 13.0 Å². The Morgan fingerprint density at radius 1 is 1.50 bits per heavy atom. The van der Waals surface area contributed by atoms with Crippen LogP contribution in [0, 0.1) is 0 Å². The molecule has 1 aromatic heterocycles. The third-order valence-electron chi connectivity index (χ3n) is 2.38. The standard InChI is InChI=1S/C11H20N2O/c1-3-7-13-9-10(8-12-13)5-6-11(14)4-2/h8-9,11,14H,3-7H2,1-2H3. The highest BCUT2D eigenvalue weighted by Crippen LogP contribution is 2.06. The molecule has 0 saturated heterocycles. The fourth-order valence-corrected chi connectivity index (χ4v) is 1.42. The molecule has 3 heteroatoms. The monoisotopic (exact) mass is 196 g/mol. The number of aromatic nitrogens is 2. The number of aliphatic hydroxyl groups excluding tert-OH is 1. The van der Waals surface area contributed by atoms with Crippen LogP contribution in [0.3, 0.4) is 0 Å². The molecule has 14 heavy (non-hydrogen) atoms. The quantitative estimate of drug-likeness (QED) is 0.755. The Balaban J connectivity index is 2.35. The molecule has 0 radical (unpaired) electrons. The van der Waals surface area contributed by atoms with Crippen molar-refractivity contribution in [3.8, 4) is 0 Å². The van der Waals surface area contributed by atoms with Crippen molar-refractivity contribution < 1.29 is 5.11 Å². The summed E-state index contributed by atoms with van der Waals surface area (Å²) in [5, 5.41) is 13.6. The van der Waals surface area contributed by atoms with Gasteiger partial charge in [0.15, 0.2) is 0 Å². The van der Waals surface area contributed by atoms with E-state index in [4.69, 9.17) is 0 Å². The maximum Gasteiger partial charge on any atom is 0.0540 e. The van der Waals surface area contributed by atoms with Crippen molar-refractivity contribution in [2.45, 2.75) is 52.2 Å². The topological polar surface area (TPSA) is 38.0 Å². The lowest BCUT2D eigenvalue weighted by molar-refractivity contribution is 0.160. The fraction of sp³-hybridized carbons (Fsp3) is 0.727. The van der Waals surface area contributed by atoms with Gasteiger partial charge in [-0.2, -0.15) is 5.10 Å². The molecule has 1 heterocycles. The summed E-state index contributed by atoms with van der Waals surface area (Å²) in [7, 11) is 0. The van der Waals surface area contributed by atoms with E-state index in [9.17, 15) is 5.11 Å². The predicted octanol–water partition coefficient (Wildman–Crippen LogP) is 2.00. The Hall–Kier alpha value is -0.830. The van der Waals surface area contributed by atoms with Gasteiger partial charge in [0.05, 0.1) is 12.3 Å². The van der Waals surface area contributed by atoms with Crippen molar-refractivity contribution >= 4 is 0 Å². The zero-order valence-electron chi connectivity index (χ0n) is 9.11. The molecule has 1 rings (SSSR count). The first-order valence-electron chi connectivity index (χ1n) is 5.45. The van der Waals surface area contributed by atoms with Gasteiger partial charge in [0.25, 0.3) is 0 Å². The largest absolute Gasteiger partial charge is 0.393 e. The minimum Gasteiger partial charge on any atom is -0.393 e. The molecule has 80 valence electrons. The van der Waals surface area contributed by atoms with Gasteiger partial charge in [-0.1, -0.05) is 13.8 Å². The molecule has 0 fully saturated rings. The Bertz CT molecular complexity index is 258. The smallest absolute Gasteiger partial charge is 0.0540 e. The van der Waals surface area contributed by atoms with E-state index >= 15 is 0 Å². The Morgan fingerprint density at radius 3 is 2.93 bits per heavy atom. The first kappa shape index (κ1) is 11.2. The Kier molecular flexibility index (Phi) is 4.66. The van der Waals surface area contributed by atoms with Crippen molar-refractivity contribution in [1.82, 2.24) is 9.78 Å². The van der Waals surface area contributed by atoms with Gasteiger partial charge in [-0.15, -0.1) is 0 Å². The van der Waals surface area contributed by atoms with Gasteiger partial charge in [-0.3, -0.25) is 4.68 Å². The number of aliphatic hydroxyl groups is 1. The third kappa shape index (κ3) is 3.50. The molecule has 1 aromatic rings. The van der Waals surface area contributed by atoms with Gasteiger partial charge in [0.2, 0.25) is 0 Å². The van der Waals surface area contributed by atoms with E-state index in [-0.39, 0.29) is 6.10 Å². The lowest BCUT2D eigenvalue weighted by Crippen LogP contribution is -2.05. The normalized spacial score (nSPS) is 13.1. The molecule has 0 bridgehead atoms. The minimum absolute atomic E-state index is 0.162. The molecule has 0 aromatic carbocycles. The van der Waals surface area contributed by atoms with Gasteiger partial charge < -0.3 is 5.11 Å². The molecule has 0 amide bonds. The Morgan fingerprint density at radius 2 is 2.29 bits per heavy atom. The molecule has 0 aliphatic carbocycles. The summed E-state index contributed by atoms with van der Waals surface area (Å²) in [5.41, 5.74) is 1.23. The van der Waals surface area contributed by atoms with E-state index in [0.717, 1.165) is 32.2 Å². The number of rotatable bonds is 6. The molecule has 0 aliphatic heterocycles. The van der Waals surface area contributed by atoms with Crippen molar-refractivity contribution in [2.24, 2.45) is 0 Å². The summed E-state index contributed by atoms with van der Waals surface area (Å²) in [5.74, 6) is 0. The number of hydrogen-bond acceptors (Lipinski definition) is 2. The van der Waals surface area contributed by atoms with E-state index in [0.29, 0.717) is 0 Å². The lowest BCUT2D eigenvalue weighted by Gasteiger charge is -2.04. The number of hydrogen-bond donors (Lipinski definition) is 1. The SMILES string of the molecule is CCCn1cc(CCC(O)CC)cn1. The van der Waals surface area contributed by atoms with Crippen LogP contribution in [-0.4, -0.2) is 21.0 Å². The van der Waals surface area contributed by atoms with E-state index in [1.54, 1.807) is 0 Å². The van der Waals surface area contributed by atoms with Gasteiger partial charge in [-0.05, 0) is 31.2 Å². The molecule has 3 nitrogen and oxygen atoms in total. The predicted molar refractivity (Wildman–Crippen MR) is 57.1 cm³/mol. The van der Waals surface area contributed by atoms with Gasteiger partial charge >= 0.3 is 0 Å². The summed E-state index contributed by atoms with van der Waals surface area (Å²) in [4.78, 5) is 0. The molecular formula is C11H20N2O. The van der Waals surface area contributed by atoms with Crippen LogP contribution in [0.15, 0.2) is 12.4 Å². The highest BCUT2D eigenvalue weighted by molar-refractivity contribution is 5.03. The highest BCUT2D eigenvalue weighted by atomic mass is 16.3. The van der Waals surface area contributed by atoms with E-state index in [2.05, 4.69) is 18.2 Å². The molecular weight excluding hydrogens is 176 g/mol. The fourth-order valence-electron chi connectivity index (χ4n) is 1.42. The number of nitrogens with zero attached hydrogens (tertiary/aromatic N) is 2. The molecule has 1 unspecified atom stereocenters. The van der Waals surface area contributed by atoms with Crippen molar-refractivity contribution in [2.75, 3.05) is 0 Å². The summed E-state index contributed by atoms with van der Waals surface area (Å²) in [6.45, 7) is 5.13.